The van der Waals surface area contributed by atoms with Gasteiger partial charge in [-0.15, -0.1) is 0 Å². The Labute approximate surface area is 134 Å². The second kappa shape index (κ2) is 6.05. The van der Waals surface area contributed by atoms with Crippen LogP contribution in [0.3, 0.4) is 0 Å². The average molecular weight is 309 g/mol. The number of aromatic amines is 1. The van der Waals surface area contributed by atoms with Gasteiger partial charge in [0, 0.05) is 17.1 Å². The van der Waals surface area contributed by atoms with Gasteiger partial charge in [0.15, 0.2) is 0 Å². The molecule has 2 aromatic carbocycles. The maximum atomic E-state index is 14.0. The second-order valence-electron chi connectivity index (χ2n) is 6.14. The number of fused-ring (bicyclic) bond motifs is 1. The van der Waals surface area contributed by atoms with Crippen LogP contribution in [0.25, 0.3) is 22.2 Å². The van der Waals surface area contributed by atoms with E-state index in [0.29, 0.717) is 6.04 Å². The number of anilines is 1. The van der Waals surface area contributed by atoms with Gasteiger partial charge in [0.25, 0.3) is 0 Å². The molecule has 1 saturated heterocycles. The van der Waals surface area contributed by atoms with Gasteiger partial charge >= 0.3 is 0 Å². The Kier molecular flexibility index (Phi) is 3.75. The highest BCUT2D eigenvalue weighted by Gasteiger charge is 2.16. The second-order valence-corrected chi connectivity index (χ2v) is 6.14. The standard InChI is InChI=1S/C19H20FN3/c20-15-10-14-11-17(13-4-2-1-3-5-13)23-19(14)18(12-15)22-16-6-8-21-9-7-16/h1-5,10-12,16,21-23H,6-9H2. The number of halogens is 1. The SMILES string of the molecule is Fc1cc(NC2CCNCC2)c2[nH]c(-c3ccccc3)cc2c1. The van der Waals surface area contributed by atoms with Crippen molar-refractivity contribution in [3.05, 3.63) is 54.3 Å². The average Bonchev–Trinajstić information content (AvgIpc) is 3.01. The first-order valence-corrected chi connectivity index (χ1v) is 8.14. The summed E-state index contributed by atoms with van der Waals surface area (Å²) in [5.41, 5.74) is 3.95. The lowest BCUT2D eigenvalue weighted by atomic mass is 10.1. The summed E-state index contributed by atoms with van der Waals surface area (Å²) in [4.78, 5) is 3.45. The highest BCUT2D eigenvalue weighted by molar-refractivity contribution is 5.95. The van der Waals surface area contributed by atoms with E-state index in [1.54, 1.807) is 12.1 Å². The minimum absolute atomic E-state index is 0.201. The third-order valence-electron chi connectivity index (χ3n) is 4.48. The fourth-order valence-corrected chi connectivity index (χ4v) is 3.28. The number of aromatic nitrogens is 1. The van der Waals surface area contributed by atoms with Crippen LogP contribution < -0.4 is 10.6 Å². The van der Waals surface area contributed by atoms with E-state index in [2.05, 4.69) is 27.8 Å². The maximum absolute atomic E-state index is 14.0. The molecule has 2 heterocycles. The number of rotatable bonds is 3. The lowest BCUT2D eigenvalue weighted by Gasteiger charge is -2.25. The zero-order valence-electron chi connectivity index (χ0n) is 12.9. The fourth-order valence-electron chi connectivity index (χ4n) is 3.28. The van der Waals surface area contributed by atoms with Crippen LogP contribution in [0.1, 0.15) is 12.8 Å². The van der Waals surface area contributed by atoms with Crippen LogP contribution in [0.15, 0.2) is 48.5 Å². The molecule has 0 aliphatic carbocycles. The van der Waals surface area contributed by atoms with E-state index in [1.807, 2.05) is 24.3 Å². The van der Waals surface area contributed by atoms with Crippen LogP contribution in [0, 0.1) is 5.82 Å². The predicted molar refractivity (Wildman–Crippen MR) is 93.2 cm³/mol. The van der Waals surface area contributed by atoms with Crippen molar-refractivity contribution in [2.24, 2.45) is 0 Å². The Hall–Kier alpha value is -2.33. The lowest BCUT2D eigenvalue weighted by Crippen LogP contribution is -2.35. The molecule has 1 aliphatic rings. The van der Waals surface area contributed by atoms with E-state index in [9.17, 15) is 4.39 Å². The van der Waals surface area contributed by atoms with Crippen LogP contribution in [0.2, 0.25) is 0 Å². The van der Waals surface area contributed by atoms with Gasteiger partial charge < -0.3 is 15.6 Å². The maximum Gasteiger partial charge on any atom is 0.126 e. The molecule has 0 spiro atoms. The summed E-state index contributed by atoms with van der Waals surface area (Å²) in [5, 5.41) is 7.77. The van der Waals surface area contributed by atoms with Crippen molar-refractivity contribution < 1.29 is 4.39 Å². The van der Waals surface area contributed by atoms with Crippen molar-refractivity contribution in [1.82, 2.24) is 10.3 Å². The summed E-state index contributed by atoms with van der Waals surface area (Å²) in [5.74, 6) is -0.201. The van der Waals surface area contributed by atoms with Gasteiger partial charge in [-0.05, 0) is 49.7 Å². The molecule has 1 fully saturated rings. The molecule has 3 N–H and O–H groups in total. The van der Waals surface area contributed by atoms with Crippen molar-refractivity contribution >= 4 is 16.6 Å². The minimum Gasteiger partial charge on any atom is -0.380 e. The zero-order chi connectivity index (χ0) is 15.6. The van der Waals surface area contributed by atoms with E-state index < -0.39 is 0 Å². The molecule has 118 valence electrons. The Morgan fingerprint density at radius 2 is 1.78 bits per heavy atom. The predicted octanol–water partition coefficient (Wildman–Crippen LogP) is 4.14. The van der Waals surface area contributed by atoms with Crippen LogP contribution in [0.4, 0.5) is 10.1 Å². The molecular weight excluding hydrogens is 289 g/mol. The smallest absolute Gasteiger partial charge is 0.126 e. The third-order valence-corrected chi connectivity index (χ3v) is 4.48. The van der Waals surface area contributed by atoms with Crippen molar-refractivity contribution in [2.75, 3.05) is 18.4 Å². The number of hydrogen-bond donors (Lipinski definition) is 3. The van der Waals surface area contributed by atoms with Gasteiger partial charge in [0.05, 0.1) is 11.2 Å². The first-order chi connectivity index (χ1) is 11.3. The molecule has 1 aliphatic heterocycles. The summed E-state index contributed by atoms with van der Waals surface area (Å²) >= 11 is 0. The van der Waals surface area contributed by atoms with Gasteiger partial charge in [0.1, 0.15) is 5.82 Å². The van der Waals surface area contributed by atoms with E-state index in [1.165, 1.54) is 0 Å². The lowest BCUT2D eigenvalue weighted by molar-refractivity contribution is 0.479. The Bertz CT molecular complexity index is 804. The Morgan fingerprint density at radius 3 is 2.57 bits per heavy atom. The molecule has 0 saturated carbocycles. The fraction of sp³-hybridized carbons (Fsp3) is 0.263. The number of hydrogen-bond acceptors (Lipinski definition) is 2. The van der Waals surface area contributed by atoms with Crippen molar-refractivity contribution in [3.8, 4) is 11.3 Å². The summed E-state index contributed by atoms with van der Waals surface area (Å²) in [7, 11) is 0. The van der Waals surface area contributed by atoms with E-state index >= 15 is 0 Å². The molecule has 3 aromatic rings. The molecule has 4 heteroatoms. The molecule has 4 rings (SSSR count). The van der Waals surface area contributed by atoms with Crippen LogP contribution in [-0.4, -0.2) is 24.1 Å². The van der Waals surface area contributed by atoms with Gasteiger partial charge in [-0.1, -0.05) is 30.3 Å². The first-order valence-electron chi connectivity index (χ1n) is 8.14. The zero-order valence-corrected chi connectivity index (χ0v) is 12.9. The van der Waals surface area contributed by atoms with Crippen molar-refractivity contribution in [3.63, 3.8) is 0 Å². The molecular formula is C19H20FN3. The van der Waals surface area contributed by atoms with Crippen molar-refractivity contribution in [2.45, 2.75) is 18.9 Å². The highest BCUT2D eigenvalue weighted by Crippen LogP contribution is 2.30. The Balaban J connectivity index is 1.73. The summed E-state index contributed by atoms with van der Waals surface area (Å²) in [6, 6.07) is 15.7. The minimum atomic E-state index is -0.201. The van der Waals surface area contributed by atoms with Gasteiger partial charge in [0.2, 0.25) is 0 Å². The van der Waals surface area contributed by atoms with Gasteiger partial charge in [-0.25, -0.2) is 4.39 Å². The largest absolute Gasteiger partial charge is 0.380 e. The highest BCUT2D eigenvalue weighted by atomic mass is 19.1. The molecule has 0 unspecified atom stereocenters. The number of benzene rings is 2. The van der Waals surface area contributed by atoms with Gasteiger partial charge in [-0.2, -0.15) is 0 Å². The number of piperidine rings is 1. The molecule has 0 atom stereocenters. The molecule has 1 aromatic heterocycles. The number of nitrogens with one attached hydrogen (secondary N) is 3. The Morgan fingerprint density at radius 1 is 1.00 bits per heavy atom. The van der Waals surface area contributed by atoms with E-state index in [0.717, 1.165) is 53.8 Å². The first kappa shape index (κ1) is 14.3. The summed E-state index contributed by atoms with van der Waals surface area (Å²) in [6.45, 7) is 2.02. The summed E-state index contributed by atoms with van der Waals surface area (Å²) < 4.78 is 14.0. The van der Waals surface area contributed by atoms with Gasteiger partial charge in [-0.3, -0.25) is 0 Å². The van der Waals surface area contributed by atoms with E-state index in [4.69, 9.17) is 0 Å². The van der Waals surface area contributed by atoms with Crippen molar-refractivity contribution in [1.29, 1.82) is 0 Å². The number of H-pyrrole nitrogens is 1. The molecule has 23 heavy (non-hydrogen) atoms. The molecule has 3 nitrogen and oxygen atoms in total. The summed E-state index contributed by atoms with van der Waals surface area (Å²) in [6.07, 6.45) is 2.12. The molecule has 0 bridgehead atoms. The molecule has 0 amide bonds. The topological polar surface area (TPSA) is 39.8 Å². The quantitative estimate of drug-likeness (QED) is 0.680. The van der Waals surface area contributed by atoms with Crippen LogP contribution in [-0.2, 0) is 0 Å². The molecule has 0 radical (unpaired) electrons. The normalized spacial score (nSPS) is 15.9. The van der Waals surface area contributed by atoms with Crippen LogP contribution >= 0.6 is 0 Å². The van der Waals surface area contributed by atoms with E-state index in [-0.39, 0.29) is 5.82 Å². The third kappa shape index (κ3) is 2.94. The van der Waals surface area contributed by atoms with Crippen LogP contribution in [0.5, 0.6) is 0 Å². The monoisotopic (exact) mass is 309 g/mol.